The Hall–Kier alpha value is 0.0369. The Morgan fingerprint density at radius 1 is 0.846 bits per heavy atom. The second-order valence-corrected chi connectivity index (χ2v) is 15.8. The highest BCUT2D eigenvalue weighted by molar-refractivity contribution is 8.49. The molecule has 0 aromatic rings. The van der Waals surface area contributed by atoms with Gasteiger partial charge in [-0.15, -0.1) is 0 Å². The fourth-order valence-corrected chi connectivity index (χ4v) is 13.1. The highest BCUT2D eigenvalue weighted by atomic mass is 32.6. The topological polar surface area (TPSA) is 86.7 Å². The molecule has 0 amide bonds. The van der Waals surface area contributed by atoms with Gasteiger partial charge in [0.25, 0.3) is 0 Å². The van der Waals surface area contributed by atoms with E-state index in [1.807, 2.05) is 0 Å². The summed E-state index contributed by atoms with van der Waals surface area (Å²) in [6, 6.07) is 0. The second-order valence-electron chi connectivity index (χ2n) is 2.45. The van der Waals surface area contributed by atoms with Gasteiger partial charge in [-0.2, -0.15) is 0 Å². The third-order valence-corrected chi connectivity index (χ3v) is 17.1. The van der Waals surface area contributed by atoms with Crippen LogP contribution in [0.25, 0.3) is 0 Å². The van der Waals surface area contributed by atoms with Gasteiger partial charge in [0.05, 0.1) is 0 Å². The van der Waals surface area contributed by atoms with Gasteiger partial charge in [0.15, 0.2) is 18.6 Å². The van der Waals surface area contributed by atoms with Gasteiger partial charge in [-0.1, -0.05) is 0 Å². The Labute approximate surface area is 78.2 Å². The summed E-state index contributed by atoms with van der Waals surface area (Å²) in [5, 5.41) is 0. The van der Waals surface area contributed by atoms with Crippen LogP contribution in [0.4, 0.5) is 0 Å². The smallest absolute Gasteiger partial charge is 0.377 e. The van der Waals surface area contributed by atoms with Gasteiger partial charge in [0.1, 0.15) is 0 Å². The molecule has 0 spiro atoms. The quantitative estimate of drug-likeness (QED) is 0.581. The lowest BCUT2D eigenvalue weighted by Crippen LogP contribution is -2.55. The van der Waals surface area contributed by atoms with E-state index in [4.69, 9.17) is 0 Å². The van der Waals surface area contributed by atoms with Crippen molar-refractivity contribution in [3.8, 4) is 0 Å². The normalized spacial score (nSPS) is 14.5. The van der Waals surface area contributed by atoms with Crippen molar-refractivity contribution >= 4 is 25.4 Å². The Morgan fingerprint density at radius 3 is 1.08 bits per heavy atom. The van der Waals surface area contributed by atoms with E-state index < -0.39 is 25.4 Å². The van der Waals surface area contributed by atoms with Gasteiger partial charge < -0.3 is 8.85 Å². The molecule has 6 nitrogen and oxygen atoms in total. The zero-order chi connectivity index (χ0) is 10.9. The number of hydrogen-bond acceptors (Lipinski definition) is 6. The summed E-state index contributed by atoms with van der Waals surface area (Å²) in [6.07, 6.45) is 1.57. The van der Waals surface area contributed by atoms with Crippen molar-refractivity contribution in [1.29, 1.82) is 0 Å². The lowest BCUT2D eigenvalue weighted by Gasteiger charge is -2.21. The molecule has 0 atom stereocenters. The van der Waals surface area contributed by atoms with E-state index in [-0.39, 0.29) is 0 Å². The van der Waals surface area contributed by atoms with Crippen LogP contribution < -0.4 is 0 Å². The molecule has 0 rings (SSSR count). The second kappa shape index (κ2) is 3.65. The van der Waals surface area contributed by atoms with E-state index >= 15 is 0 Å². The van der Waals surface area contributed by atoms with Gasteiger partial charge in [0, 0.05) is 26.7 Å². The molecule has 0 aromatic heterocycles. The summed E-state index contributed by atoms with van der Waals surface area (Å²) in [5.41, 5.74) is 0. The monoisotopic (exact) mass is 248 g/mol. The van der Waals surface area contributed by atoms with Crippen LogP contribution in [-0.2, 0) is 27.4 Å². The first kappa shape index (κ1) is 13.0. The molecule has 9 heteroatoms. The van der Waals surface area contributed by atoms with E-state index in [0.717, 1.165) is 26.7 Å². The zero-order valence-corrected chi connectivity index (χ0v) is 10.4. The highest BCUT2D eigenvalue weighted by Crippen LogP contribution is 2.19. The predicted octanol–water partition coefficient (Wildman–Crippen LogP) is -1.20. The standard InChI is InChI=1S/C4H12O6S2Si/c1-9-13(10-2,11(3,5)6)12(4,7)8/h1-4H3. The van der Waals surface area contributed by atoms with Crippen molar-refractivity contribution in [3.05, 3.63) is 0 Å². The summed E-state index contributed by atoms with van der Waals surface area (Å²) >= 11 is 0. The molecule has 0 aliphatic rings. The van der Waals surface area contributed by atoms with Gasteiger partial charge in [-0.3, -0.25) is 0 Å². The molecule has 0 heterocycles. The Morgan fingerprint density at radius 2 is 1.08 bits per heavy atom. The Bertz CT molecular complexity index is 329. The molecule has 0 saturated heterocycles. The molecule has 0 radical (unpaired) electrons. The van der Waals surface area contributed by atoms with Crippen molar-refractivity contribution in [2.24, 2.45) is 0 Å². The molecule has 0 aliphatic heterocycles. The molecular weight excluding hydrogens is 236 g/mol. The summed E-state index contributed by atoms with van der Waals surface area (Å²) in [6.45, 7) is -4.20. The van der Waals surface area contributed by atoms with Gasteiger partial charge >= 0.3 is 6.86 Å². The van der Waals surface area contributed by atoms with Crippen LogP contribution >= 0.6 is 0 Å². The van der Waals surface area contributed by atoms with Gasteiger partial charge in [-0.05, 0) is 0 Å². The molecule has 0 N–H and O–H groups in total. The molecule has 0 aromatic carbocycles. The summed E-state index contributed by atoms with van der Waals surface area (Å²) < 4.78 is 53.9. The minimum Gasteiger partial charge on any atom is -0.377 e. The fraction of sp³-hybridized carbons (Fsp3) is 1.00. The summed E-state index contributed by atoms with van der Waals surface area (Å²) in [5.74, 6) is 0. The SMILES string of the molecule is CO[Si](OC)(S(C)(=O)=O)S(C)(=O)=O. The maximum Gasteiger partial charge on any atom is 0.598 e. The van der Waals surface area contributed by atoms with E-state index in [0.29, 0.717) is 0 Å². The molecule has 0 bridgehead atoms. The molecule has 0 aliphatic carbocycles. The van der Waals surface area contributed by atoms with E-state index in [9.17, 15) is 16.8 Å². The molecule has 80 valence electrons. The van der Waals surface area contributed by atoms with Crippen molar-refractivity contribution < 1.29 is 25.7 Å². The number of rotatable bonds is 4. The Balaban J connectivity index is 5.75. The maximum absolute atomic E-state index is 11.2. The van der Waals surface area contributed by atoms with Gasteiger partial charge in [0.2, 0.25) is 0 Å². The van der Waals surface area contributed by atoms with Gasteiger partial charge in [-0.25, -0.2) is 16.8 Å². The molecule has 13 heavy (non-hydrogen) atoms. The third-order valence-electron chi connectivity index (χ3n) is 1.41. The minimum atomic E-state index is -4.20. The van der Waals surface area contributed by atoms with Crippen LogP contribution in [0.15, 0.2) is 0 Å². The molecular formula is C4H12O6S2Si. The minimum absolute atomic E-state index is 0.785. The van der Waals surface area contributed by atoms with Crippen molar-refractivity contribution in [2.75, 3.05) is 26.7 Å². The van der Waals surface area contributed by atoms with Crippen LogP contribution in [-0.4, -0.2) is 50.4 Å². The fourth-order valence-electron chi connectivity index (χ4n) is 0.964. The first-order chi connectivity index (χ1) is 5.62. The van der Waals surface area contributed by atoms with Crippen molar-refractivity contribution in [1.82, 2.24) is 0 Å². The maximum atomic E-state index is 11.2. The van der Waals surface area contributed by atoms with Crippen molar-refractivity contribution in [3.63, 3.8) is 0 Å². The van der Waals surface area contributed by atoms with Crippen molar-refractivity contribution in [2.45, 2.75) is 0 Å². The average Bonchev–Trinajstić information content (AvgIpc) is 1.84. The molecule has 0 saturated carbocycles. The molecule has 0 fully saturated rings. The summed E-state index contributed by atoms with van der Waals surface area (Å²) in [4.78, 5) is 0. The van der Waals surface area contributed by atoms with Crippen LogP contribution in [0.5, 0.6) is 0 Å². The van der Waals surface area contributed by atoms with E-state index in [1.165, 1.54) is 0 Å². The predicted molar refractivity (Wildman–Crippen MR) is 49.5 cm³/mol. The summed E-state index contributed by atoms with van der Waals surface area (Å²) in [7, 11) is -5.73. The van der Waals surface area contributed by atoms with E-state index in [2.05, 4.69) is 8.85 Å². The van der Waals surface area contributed by atoms with Crippen LogP contribution in [0.3, 0.4) is 0 Å². The van der Waals surface area contributed by atoms with Crippen LogP contribution in [0.2, 0.25) is 0 Å². The largest absolute Gasteiger partial charge is 0.598 e. The first-order valence-corrected chi connectivity index (χ1v) is 10.2. The first-order valence-electron chi connectivity index (χ1n) is 3.12. The van der Waals surface area contributed by atoms with Crippen LogP contribution in [0, 0.1) is 0 Å². The molecule has 0 unspecified atom stereocenters. The number of hydrogen-bond donors (Lipinski definition) is 0. The lowest BCUT2D eigenvalue weighted by atomic mass is 11.8. The Kier molecular flexibility index (Phi) is 3.66. The van der Waals surface area contributed by atoms with Crippen LogP contribution in [0.1, 0.15) is 0 Å². The average molecular weight is 248 g/mol. The lowest BCUT2D eigenvalue weighted by molar-refractivity contribution is 0.284. The third kappa shape index (κ3) is 2.10. The van der Waals surface area contributed by atoms with E-state index in [1.54, 1.807) is 0 Å². The highest BCUT2D eigenvalue weighted by Gasteiger charge is 2.59. The zero-order valence-electron chi connectivity index (χ0n) is 7.77.